The Morgan fingerprint density at radius 3 is 2.40 bits per heavy atom. The lowest BCUT2D eigenvalue weighted by molar-refractivity contribution is -0.136. The summed E-state index contributed by atoms with van der Waals surface area (Å²) in [5, 5.41) is 3.24. The van der Waals surface area contributed by atoms with Crippen LogP contribution in [-0.2, 0) is 9.53 Å². The molecule has 0 saturated heterocycles. The minimum Gasteiger partial charge on any atom is -0.493 e. The molecule has 1 aliphatic rings. The summed E-state index contributed by atoms with van der Waals surface area (Å²) >= 11 is 0. The van der Waals surface area contributed by atoms with E-state index in [1.54, 1.807) is 27.4 Å². The number of para-hydroxylation sites is 2. The molecular formula is C22H23N3O5. The lowest BCUT2D eigenvalue weighted by Crippen LogP contribution is -2.29. The van der Waals surface area contributed by atoms with E-state index >= 15 is 0 Å². The average Bonchev–Trinajstić information content (AvgIpc) is 3.14. The van der Waals surface area contributed by atoms with Gasteiger partial charge in [0.25, 0.3) is 0 Å². The Kier molecular flexibility index (Phi) is 4.99. The molecule has 1 aliphatic heterocycles. The highest BCUT2D eigenvalue weighted by Crippen LogP contribution is 2.48. The number of anilines is 1. The number of nitrogens with one attached hydrogen (secondary N) is 1. The van der Waals surface area contributed by atoms with Crippen molar-refractivity contribution in [2.75, 3.05) is 33.8 Å². The van der Waals surface area contributed by atoms with Gasteiger partial charge in [-0.05, 0) is 31.2 Å². The minimum absolute atomic E-state index is 0.440. The zero-order chi connectivity index (χ0) is 21.4. The van der Waals surface area contributed by atoms with E-state index in [4.69, 9.17) is 23.9 Å². The molecule has 0 unspecified atom stereocenters. The van der Waals surface area contributed by atoms with E-state index in [1.165, 1.54) is 7.11 Å². The summed E-state index contributed by atoms with van der Waals surface area (Å²) in [6.45, 7) is 1.83. The number of allylic oxidation sites excluding steroid dienone is 1. The molecule has 4 rings (SSSR count). The van der Waals surface area contributed by atoms with Crippen LogP contribution in [0.25, 0.3) is 11.0 Å². The Labute approximate surface area is 174 Å². The van der Waals surface area contributed by atoms with Crippen LogP contribution in [0.5, 0.6) is 17.2 Å². The van der Waals surface area contributed by atoms with Crippen molar-refractivity contribution in [3.05, 3.63) is 53.2 Å². The lowest BCUT2D eigenvalue weighted by Gasteiger charge is -2.31. The molecular weight excluding hydrogens is 386 g/mol. The van der Waals surface area contributed by atoms with E-state index in [-0.39, 0.29) is 0 Å². The number of hydrogen-bond donors (Lipinski definition) is 1. The van der Waals surface area contributed by atoms with Crippen LogP contribution in [0, 0.1) is 0 Å². The maximum Gasteiger partial charge on any atom is 0.337 e. The van der Waals surface area contributed by atoms with Gasteiger partial charge < -0.3 is 24.3 Å². The summed E-state index contributed by atoms with van der Waals surface area (Å²) < 4.78 is 23.8. The van der Waals surface area contributed by atoms with Gasteiger partial charge in [-0.1, -0.05) is 12.1 Å². The van der Waals surface area contributed by atoms with Gasteiger partial charge in [-0.3, -0.25) is 4.57 Å². The van der Waals surface area contributed by atoms with Crippen LogP contribution in [0.2, 0.25) is 0 Å². The number of rotatable bonds is 5. The normalized spacial score (nSPS) is 15.4. The van der Waals surface area contributed by atoms with E-state index in [1.807, 2.05) is 41.8 Å². The Bertz CT molecular complexity index is 1170. The number of aromatic nitrogens is 2. The van der Waals surface area contributed by atoms with Gasteiger partial charge >= 0.3 is 5.97 Å². The summed E-state index contributed by atoms with van der Waals surface area (Å²) in [6, 6.07) is 10.9. The molecule has 0 bridgehead atoms. The fraction of sp³-hybridized carbons (Fsp3) is 0.273. The first-order valence-electron chi connectivity index (χ1n) is 9.37. The van der Waals surface area contributed by atoms with Crippen molar-refractivity contribution in [2.24, 2.45) is 0 Å². The highest BCUT2D eigenvalue weighted by atomic mass is 16.5. The molecule has 0 amide bonds. The van der Waals surface area contributed by atoms with Crippen molar-refractivity contribution in [2.45, 2.75) is 13.0 Å². The maximum atomic E-state index is 12.9. The smallest absolute Gasteiger partial charge is 0.337 e. The second-order valence-electron chi connectivity index (χ2n) is 6.78. The van der Waals surface area contributed by atoms with Gasteiger partial charge in [0, 0.05) is 11.3 Å². The molecule has 0 spiro atoms. The van der Waals surface area contributed by atoms with E-state index < -0.39 is 12.0 Å². The van der Waals surface area contributed by atoms with Crippen LogP contribution in [0.1, 0.15) is 18.5 Å². The molecule has 0 radical (unpaired) electrons. The van der Waals surface area contributed by atoms with Gasteiger partial charge in [-0.25, -0.2) is 9.78 Å². The van der Waals surface area contributed by atoms with Crippen molar-refractivity contribution in [3.8, 4) is 17.2 Å². The lowest BCUT2D eigenvalue weighted by atomic mass is 9.93. The number of esters is 1. The highest BCUT2D eigenvalue weighted by molar-refractivity contribution is 5.94. The molecule has 0 aliphatic carbocycles. The number of hydrogen-bond acceptors (Lipinski definition) is 7. The van der Waals surface area contributed by atoms with E-state index in [0.717, 1.165) is 16.6 Å². The molecule has 156 valence electrons. The first kappa shape index (κ1) is 19.6. The topological polar surface area (TPSA) is 83.8 Å². The summed E-state index contributed by atoms with van der Waals surface area (Å²) in [5.41, 5.74) is 3.52. The zero-order valence-corrected chi connectivity index (χ0v) is 17.5. The minimum atomic E-state index is -0.546. The van der Waals surface area contributed by atoms with E-state index in [0.29, 0.717) is 34.5 Å². The maximum absolute atomic E-state index is 12.9. The molecule has 3 aromatic rings. The molecule has 30 heavy (non-hydrogen) atoms. The third-order valence-electron chi connectivity index (χ3n) is 5.27. The Balaban J connectivity index is 2.07. The molecule has 1 aromatic heterocycles. The monoisotopic (exact) mass is 409 g/mol. The molecule has 0 saturated carbocycles. The van der Waals surface area contributed by atoms with Crippen LogP contribution in [0.3, 0.4) is 0 Å². The summed E-state index contributed by atoms with van der Waals surface area (Å²) in [5.74, 6) is 1.64. The Morgan fingerprint density at radius 2 is 1.73 bits per heavy atom. The van der Waals surface area contributed by atoms with Crippen LogP contribution in [-0.4, -0.2) is 44.0 Å². The molecule has 0 fully saturated rings. The predicted molar refractivity (Wildman–Crippen MR) is 112 cm³/mol. The number of carbonyl (C=O) groups excluding carboxylic acids is 1. The van der Waals surface area contributed by atoms with Gasteiger partial charge in [0.1, 0.15) is 0 Å². The van der Waals surface area contributed by atoms with Crippen molar-refractivity contribution >= 4 is 23.0 Å². The zero-order valence-electron chi connectivity index (χ0n) is 17.5. The number of imidazole rings is 1. The third-order valence-corrected chi connectivity index (χ3v) is 5.27. The average molecular weight is 409 g/mol. The number of fused-ring (bicyclic) bond motifs is 3. The molecule has 1 atom stereocenters. The quantitative estimate of drug-likeness (QED) is 0.646. The van der Waals surface area contributed by atoms with Crippen LogP contribution in [0.4, 0.5) is 5.95 Å². The van der Waals surface area contributed by atoms with Crippen LogP contribution < -0.4 is 19.5 Å². The summed E-state index contributed by atoms with van der Waals surface area (Å²) in [7, 11) is 6.04. The number of nitrogens with zero attached hydrogens (tertiary/aromatic N) is 2. The molecule has 8 heteroatoms. The van der Waals surface area contributed by atoms with Gasteiger partial charge in [0.15, 0.2) is 11.5 Å². The van der Waals surface area contributed by atoms with E-state index in [2.05, 4.69) is 5.32 Å². The number of ether oxygens (including phenoxy) is 4. The molecule has 8 nitrogen and oxygen atoms in total. The number of benzene rings is 2. The van der Waals surface area contributed by atoms with Crippen LogP contribution >= 0.6 is 0 Å². The molecule has 1 N–H and O–H groups in total. The van der Waals surface area contributed by atoms with Crippen molar-refractivity contribution in [1.82, 2.24) is 9.55 Å². The van der Waals surface area contributed by atoms with Crippen LogP contribution in [0.15, 0.2) is 47.7 Å². The first-order valence-corrected chi connectivity index (χ1v) is 9.37. The third kappa shape index (κ3) is 2.83. The standard InChI is InChI=1S/C22H23N3O5/c1-12-17(21(26)30-5)18(13-10-11-16(27-2)20(29-4)19(13)28-3)25-15-9-7-6-8-14(15)24-22(25)23-12/h6-11,18H,1-5H3,(H,23,24)/t18-/m1/s1. The number of methoxy groups -OCH3 is 4. The predicted octanol–water partition coefficient (Wildman–Crippen LogP) is 3.52. The van der Waals surface area contributed by atoms with Gasteiger partial charge in [-0.2, -0.15) is 0 Å². The first-order chi connectivity index (χ1) is 14.5. The van der Waals surface area contributed by atoms with Gasteiger partial charge in [-0.15, -0.1) is 0 Å². The second kappa shape index (κ2) is 7.62. The SMILES string of the molecule is COC(=O)C1=C(C)Nc2nc3ccccc3n2[C@@H]1c1ccc(OC)c(OC)c1OC. The number of carbonyl (C=O) groups is 1. The highest BCUT2D eigenvalue weighted by Gasteiger charge is 2.37. The summed E-state index contributed by atoms with van der Waals surface area (Å²) in [6.07, 6.45) is 0. The Hall–Kier alpha value is -3.68. The molecule has 2 heterocycles. The largest absolute Gasteiger partial charge is 0.493 e. The van der Waals surface area contributed by atoms with Gasteiger partial charge in [0.2, 0.25) is 11.7 Å². The van der Waals surface area contributed by atoms with Crippen molar-refractivity contribution in [1.29, 1.82) is 0 Å². The van der Waals surface area contributed by atoms with Crippen molar-refractivity contribution < 1.29 is 23.7 Å². The van der Waals surface area contributed by atoms with Crippen molar-refractivity contribution in [3.63, 3.8) is 0 Å². The van der Waals surface area contributed by atoms with E-state index in [9.17, 15) is 4.79 Å². The molecule has 2 aromatic carbocycles. The fourth-order valence-corrected chi connectivity index (χ4v) is 3.97. The second-order valence-corrected chi connectivity index (χ2v) is 6.78. The Morgan fingerprint density at radius 1 is 1.00 bits per heavy atom. The summed E-state index contributed by atoms with van der Waals surface area (Å²) in [4.78, 5) is 17.6. The fourth-order valence-electron chi connectivity index (χ4n) is 3.97. The van der Waals surface area contributed by atoms with Gasteiger partial charge in [0.05, 0.1) is 51.1 Å².